The van der Waals surface area contributed by atoms with Crippen molar-refractivity contribution in [2.24, 2.45) is 11.8 Å². The Morgan fingerprint density at radius 2 is 1.95 bits per heavy atom. The minimum Gasteiger partial charge on any atom is -0.493 e. The number of carbonyl (C=O) groups excluding carboxylic acids is 1. The van der Waals surface area contributed by atoms with E-state index in [1.165, 1.54) is 16.7 Å². The van der Waals surface area contributed by atoms with Crippen molar-refractivity contribution in [2.45, 2.75) is 114 Å². The van der Waals surface area contributed by atoms with E-state index >= 15 is 0 Å². The molecular weight excluding hydrogens is 524 g/mol. The maximum atomic E-state index is 14.0. The summed E-state index contributed by atoms with van der Waals surface area (Å²) < 4.78 is 12.9. The first kappa shape index (κ1) is 28.2. The molecule has 2 heterocycles. The second-order valence-electron chi connectivity index (χ2n) is 14.0. The molecule has 6 heteroatoms. The van der Waals surface area contributed by atoms with E-state index in [1.54, 1.807) is 7.11 Å². The minimum absolute atomic E-state index is 0.0396. The highest BCUT2D eigenvalue weighted by molar-refractivity contribution is 5.77. The van der Waals surface area contributed by atoms with Crippen molar-refractivity contribution < 1.29 is 19.4 Å². The lowest BCUT2D eigenvalue weighted by atomic mass is 9.51. The van der Waals surface area contributed by atoms with Gasteiger partial charge in [0.1, 0.15) is 6.10 Å². The zero-order valence-electron chi connectivity index (χ0n) is 25.6. The van der Waals surface area contributed by atoms with E-state index in [0.717, 1.165) is 82.4 Å². The van der Waals surface area contributed by atoms with E-state index in [2.05, 4.69) is 66.1 Å². The summed E-state index contributed by atoms with van der Waals surface area (Å²) in [5, 5.41) is 10.1. The highest BCUT2D eigenvalue weighted by Gasteiger charge is 2.67. The number of unbranched alkanes of at least 4 members (excludes halogenated alkanes) is 2. The van der Waals surface area contributed by atoms with Gasteiger partial charge in [0.15, 0.2) is 11.5 Å². The first-order valence-corrected chi connectivity index (χ1v) is 16.6. The van der Waals surface area contributed by atoms with E-state index in [9.17, 15) is 9.90 Å². The lowest BCUT2D eigenvalue weighted by molar-refractivity contribution is -0.146. The topological polar surface area (TPSA) is 62.2 Å². The molecule has 226 valence electrons. The van der Waals surface area contributed by atoms with Gasteiger partial charge in [-0.15, -0.1) is 0 Å². The van der Waals surface area contributed by atoms with Crippen LogP contribution in [0.25, 0.3) is 0 Å². The maximum absolute atomic E-state index is 14.0. The lowest BCUT2D eigenvalue weighted by Crippen LogP contribution is -2.69. The summed E-state index contributed by atoms with van der Waals surface area (Å²) in [4.78, 5) is 18.9. The number of benzene rings is 2. The Balaban J connectivity index is 1.12. The van der Waals surface area contributed by atoms with Crippen molar-refractivity contribution in [3.05, 3.63) is 59.2 Å². The normalized spacial score (nSPS) is 32.3. The second-order valence-corrected chi connectivity index (χ2v) is 14.0. The molecule has 3 aliphatic carbocycles. The van der Waals surface area contributed by atoms with Crippen LogP contribution in [0.2, 0.25) is 0 Å². The number of amides is 1. The van der Waals surface area contributed by atoms with Crippen molar-refractivity contribution in [3.8, 4) is 11.5 Å². The van der Waals surface area contributed by atoms with Crippen LogP contribution >= 0.6 is 0 Å². The van der Waals surface area contributed by atoms with Crippen LogP contribution in [0.5, 0.6) is 11.5 Å². The van der Waals surface area contributed by atoms with Crippen molar-refractivity contribution >= 4 is 5.91 Å². The molecule has 7 atom stereocenters. The third-order valence-electron chi connectivity index (χ3n) is 11.4. The summed E-state index contributed by atoms with van der Waals surface area (Å²) in [6, 6.07) is 15.7. The van der Waals surface area contributed by atoms with E-state index in [-0.39, 0.29) is 35.6 Å². The molecule has 0 aromatic heterocycles. The first-order valence-electron chi connectivity index (χ1n) is 16.6. The zero-order chi connectivity index (χ0) is 29.0. The number of methoxy groups -OCH3 is 1. The molecular formula is C36H48N2O4. The van der Waals surface area contributed by atoms with E-state index in [4.69, 9.17) is 9.47 Å². The Labute approximate surface area is 251 Å². The predicted molar refractivity (Wildman–Crippen MR) is 164 cm³/mol. The second kappa shape index (κ2) is 11.2. The van der Waals surface area contributed by atoms with E-state index in [0.29, 0.717) is 24.3 Å². The summed E-state index contributed by atoms with van der Waals surface area (Å²) in [5.74, 6) is 2.99. The largest absolute Gasteiger partial charge is 0.493 e. The highest BCUT2D eigenvalue weighted by atomic mass is 16.5. The third-order valence-corrected chi connectivity index (χ3v) is 11.4. The quantitative estimate of drug-likeness (QED) is 0.359. The van der Waals surface area contributed by atoms with Gasteiger partial charge < -0.3 is 19.5 Å². The number of piperidine rings is 1. The van der Waals surface area contributed by atoms with Gasteiger partial charge in [0.2, 0.25) is 5.91 Å². The summed E-state index contributed by atoms with van der Waals surface area (Å²) in [5.41, 5.74) is 4.09. The molecule has 2 aliphatic heterocycles. The van der Waals surface area contributed by atoms with Crippen LogP contribution in [0.15, 0.2) is 42.5 Å². The first-order chi connectivity index (χ1) is 20.4. The van der Waals surface area contributed by atoms with Gasteiger partial charge in [0.25, 0.3) is 0 Å². The molecule has 2 unspecified atom stereocenters. The van der Waals surface area contributed by atoms with Gasteiger partial charge in [-0.05, 0) is 94.9 Å². The SMILES string of the molecule is COc1ccc2c3c1O[C@H]1[C@H](N(C(=O)CCCCCc4ccccc4)C(C)C)CC[C@H]4[C@@H](C2)N(CC2CC2O)CC[C@@]341. The average Bonchev–Trinajstić information content (AvgIpc) is 3.57. The van der Waals surface area contributed by atoms with Crippen LogP contribution in [-0.4, -0.2) is 71.3 Å². The molecule has 2 bridgehead atoms. The molecule has 6 nitrogen and oxygen atoms in total. The Morgan fingerprint density at radius 3 is 2.69 bits per heavy atom. The van der Waals surface area contributed by atoms with E-state index in [1.807, 2.05) is 0 Å². The van der Waals surface area contributed by atoms with Gasteiger partial charge in [-0.25, -0.2) is 0 Å². The predicted octanol–water partition coefficient (Wildman–Crippen LogP) is 5.52. The van der Waals surface area contributed by atoms with Gasteiger partial charge in [0, 0.05) is 41.9 Å². The number of carbonyl (C=O) groups is 1. The molecule has 1 spiro atoms. The maximum Gasteiger partial charge on any atom is 0.223 e. The number of hydrogen-bond acceptors (Lipinski definition) is 5. The molecule has 5 aliphatic rings. The Kier molecular flexibility index (Phi) is 7.50. The molecule has 42 heavy (non-hydrogen) atoms. The molecule has 1 saturated heterocycles. The van der Waals surface area contributed by atoms with Crippen molar-refractivity contribution in [3.63, 3.8) is 0 Å². The molecule has 0 radical (unpaired) electrons. The van der Waals surface area contributed by atoms with Crippen molar-refractivity contribution in [1.29, 1.82) is 0 Å². The van der Waals surface area contributed by atoms with Crippen LogP contribution in [0.4, 0.5) is 0 Å². The highest BCUT2D eigenvalue weighted by Crippen LogP contribution is 2.64. The molecule has 2 aromatic carbocycles. The summed E-state index contributed by atoms with van der Waals surface area (Å²) in [7, 11) is 1.74. The number of rotatable bonds is 11. The lowest BCUT2D eigenvalue weighted by Gasteiger charge is -2.61. The number of nitrogens with zero attached hydrogens (tertiary/aromatic N) is 2. The van der Waals surface area contributed by atoms with E-state index < -0.39 is 0 Å². The fraction of sp³-hybridized carbons (Fsp3) is 0.639. The van der Waals surface area contributed by atoms with Crippen molar-refractivity contribution in [1.82, 2.24) is 9.80 Å². The minimum atomic E-state index is -0.116. The number of hydrogen-bond donors (Lipinski definition) is 1. The van der Waals surface area contributed by atoms with Gasteiger partial charge in [0.05, 0.1) is 19.3 Å². The molecule has 7 rings (SSSR count). The number of aliphatic hydroxyl groups excluding tert-OH is 1. The zero-order valence-corrected chi connectivity index (χ0v) is 25.6. The third kappa shape index (κ3) is 4.64. The Hall–Kier alpha value is -2.57. The summed E-state index contributed by atoms with van der Waals surface area (Å²) in [6.07, 6.45) is 9.78. The standard InChI is InChI=1S/C36H48N2O4/c1-23(2)38(32(40)13-9-5-8-12-24-10-6-4-7-11-24)28-16-15-27-29-20-25-14-17-31(41-3)34-33(25)36(27,35(28)42-34)18-19-37(29)22-26-21-30(26)39/h4,6-7,10-11,14,17,23,26-30,35,39H,5,8-9,12-13,15-16,18-22H2,1-3H3/t26?,27-,28+,29+,30?,35-,36-/m0/s1. The molecule has 2 aromatic rings. The number of aliphatic hydroxyl groups is 1. The average molecular weight is 573 g/mol. The smallest absolute Gasteiger partial charge is 0.223 e. The fourth-order valence-electron chi connectivity index (χ4n) is 9.40. The number of likely N-dealkylation sites (tertiary alicyclic amines) is 1. The monoisotopic (exact) mass is 572 g/mol. The van der Waals surface area contributed by atoms with Gasteiger partial charge in [-0.1, -0.05) is 42.8 Å². The van der Waals surface area contributed by atoms with Crippen LogP contribution in [-0.2, 0) is 23.1 Å². The van der Waals surface area contributed by atoms with Crippen LogP contribution < -0.4 is 9.47 Å². The number of aryl methyl sites for hydroxylation is 1. The van der Waals surface area contributed by atoms with Gasteiger partial charge in [-0.3, -0.25) is 9.69 Å². The summed E-state index contributed by atoms with van der Waals surface area (Å²) >= 11 is 0. The fourth-order valence-corrected chi connectivity index (χ4v) is 9.40. The summed E-state index contributed by atoms with van der Waals surface area (Å²) in [6.45, 7) is 6.40. The Morgan fingerprint density at radius 1 is 1.14 bits per heavy atom. The van der Waals surface area contributed by atoms with Crippen LogP contribution in [0.3, 0.4) is 0 Å². The number of ether oxygens (including phenoxy) is 2. The van der Waals surface area contributed by atoms with Crippen LogP contribution in [0, 0.1) is 11.8 Å². The Bertz CT molecular complexity index is 1300. The van der Waals surface area contributed by atoms with Gasteiger partial charge in [-0.2, -0.15) is 0 Å². The molecule has 1 amide bonds. The molecule has 3 fully saturated rings. The molecule has 2 saturated carbocycles. The molecule has 1 N–H and O–H groups in total. The van der Waals surface area contributed by atoms with Crippen LogP contribution in [0.1, 0.15) is 81.9 Å². The van der Waals surface area contributed by atoms with Crippen molar-refractivity contribution in [2.75, 3.05) is 20.2 Å². The van der Waals surface area contributed by atoms with Gasteiger partial charge >= 0.3 is 0 Å².